The summed E-state index contributed by atoms with van der Waals surface area (Å²) in [5.74, 6) is -0.332. The van der Waals surface area contributed by atoms with Gasteiger partial charge in [-0.25, -0.2) is 4.79 Å². The number of ether oxygens (including phenoxy) is 3. The van der Waals surface area contributed by atoms with Crippen LogP contribution in [0.2, 0.25) is 0 Å². The van der Waals surface area contributed by atoms with Crippen LogP contribution in [0.4, 0.5) is 0 Å². The van der Waals surface area contributed by atoms with Crippen LogP contribution in [0.25, 0.3) is 0 Å². The molecule has 1 atom stereocenters. The highest BCUT2D eigenvalue weighted by Crippen LogP contribution is 1.98. The molecule has 0 spiro atoms. The van der Waals surface area contributed by atoms with E-state index in [-0.39, 0.29) is 12.3 Å². The van der Waals surface area contributed by atoms with Gasteiger partial charge in [0.2, 0.25) is 0 Å². The monoisotopic (exact) mass is 216 g/mol. The van der Waals surface area contributed by atoms with E-state index in [0.717, 1.165) is 12.8 Å². The maximum absolute atomic E-state index is 11.0. The van der Waals surface area contributed by atoms with E-state index in [4.69, 9.17) is 14.2 Å². The fraction of sp³-hybridized carbons (Fsp3) is 0.727. The second kappa shape index (κ2) is 8.44. The van der Waals surface area contributed by atoms with E-state index in [0.29, 0.717) is 18.8 Å². The van der Waals surface area contributed by atoms with Crippen molar-refractivity contribution in [3.8, 4) is 0 Å². The first-order valence-corrected chi connectivity index (χ1v) is 5.05. The van der Waals surface area contributed by atoms with E-state index in [9.17, 15) is 4.79 Å². The topological polar surface area (TPSA) is 44.8 Å². The standard InChI is InChI=1S/C11H20O4/c1-9(2)11(12)15-8-6-5-7-14-10(3)13-4/h10H,1,5-8H2,2-4H3. The van der Waals surface area contributed by atoms with Gasteiger partial charge < -0.3 is 14.2 Å². The largest absolute Gasteiger partial charge is 0.462 e. The highest BCUT2D eigenvalue weighted by atomic mass is 16.7. The van der Waals surface area contributed by atoms with E-state index in [1.807, 2.05) is 6.92 Å². The fourth-order valence-corrected chi connectivity index (χ4v) is 0.810. The first-order valence-electron chi connectivity index (χ1n) is 5.05. The second-order valence-electron chi connectivity index (χ2n) is 3.30. The molecule has 0 amide bonds. The van der Waals surface area contributed by atoms with Crippen molar-refractivity contribution in [2.75, 3.05) is 20.3 Å². The Morgan fingerprint density at radius 2 is 1.93 bits per heavy atom. The highest BCUT2D eigenvalue weighted by Gasteiger charge is 2.02. The number of esters is 1. The molecule has 0 aromatic heterocycles. The van der Waals surface area contributed by atoms with Crippen molar-refractivity contribution in [2.24, 2.45) is 0 Å². The lowest BCUT2D eigenvalue weighted by atomic mass is 10.3. The number of carbonyl (C=O) groups is 1. The number of hydrogen-bond acceptors (Lipinski definition) is 4. The summed E-state index contributed by atoms with van der Waals surface area (Å²) >= 11 is 0. The Hall–Kier alpha value is -0.870. The maximum Gasteiger partial charge on any atom is 0.333 e. The Kier molecular flexibility index (Phi) is 7.95. The molecule has 0 aliphatic heterocycles. The zero-order valence-corrected chi connectivity index (χ0v) is 9.75. The first kappa shape index (κ1) is 14.1. The molecular weight excluding hydrogens is 196 g/mol. The third-order valence-corrected chi connectivity index (χ3v) is 1.80. The summed E-state index contributed by atoms with van der Waals surface area (Å²) in [6.07, 6.45) is 1.45. The summed E-state index contributed by atoms with van der Waals surface area (Å²) in [6.45, 7) is 7.98. The molecular formula is C11H20O4. The summed E-state index contributed by atoms with van der Waals surface area (Å²) in [4.78, 5) is 11.0. The third kappa shape index (κ3) is 8.15. The van der Waals surface area contributed by atoms with E-state index in [1.165, 1.54) is 0 Å². The van der Waals surface area contributed by atoms with E-state index >= 15 is 0 Å². The predicted octanol–water partition coefficient (Wildman–Crippen LogP) is 1.89. The molecule has 1 unspecified atom stereocenters. The molecule has 15 heavy (non-hydrogen) atoms. The molecule has 0 heterocycles. The minimum absolute atomic E-state index is 0.178. The quantitative estimate of drug-likeness (QED) is 0.269. The molecule has 4 heteroatoms. The van der Waals surface area contributed by atoms with Crippen molar-refractivity contribution in [3.63, 3.8) is 0 Å². The minimum atomic E-state index is -0.332. The molecule has 88 valence electrons. The number of unbranched alkanes of at least 4 members (excludes halogenated alkanes) is 1. The lowest BCUT2D eigenvalue weighted by Crippen LogP contribution is -2.12. The number of rotatable bonds is 8. The van der Waals surface area contributed by atoms with Crippen LogP contribution < -0.4 is 0 Å². The predicted molar refractivity (Wildman–Crippen MR) is 57.4 cm³/mol. The van der Waals surface area contributed by atoms with Crippen LogP contribution >= 0.6 is 0 Å². The second-order valence-corrected chi connectivity index (χ2v) is 3.30. The Morgan fingerprint density at radius 1 is 1.33 bits per heavy atom. The van der Waals surface area contributed by atoms with Crippen LogP contribution in [0.1, 0.15) is 26.7 Å². The average Bonchev–Trinajstić information content (AvgIpc) is 2.22. The molecule has 0 saturated heterocycles. The zero-order chi connectivity index (χ0) is 11.7. The van der Waals surface area contributed by atoms with Gasteiger partial charge in [-0.1, -0.05) is 6.58 Å². The molecule has 0 aromatic carbocycles. The van der Waals surface area contributed by atoms with E-state index in [2.05, 4.69) is 6.58 Å². The van der Waals surface area contributed by atoms with Crippen LogP contribution in [0.3, 0.4) is 0 Å². The summed E-state index contributed by atoms with van der Waals surface area (Å²) in [7, 11) is 1.60. The lowest BCUT2D eigenvalue weighted by molar-refractivity contribution is -0.139. The average molecular weight is 216 g/mol. The van der Waals surface area contributed by atoms with Gasteiger partial charge in [-0.2, -0.15) is 0 Å². The SMILES string of the molecule is C=C(C)C(=O)OCCCCOC(C)OC. The van der Waals surface area contributed by atoms with Crippen molar-refractivity contribution in [2.45, 2.75) is 33.0 Å². The maximum atomic E-state index is 11.0. The van der Waals surface area contributed by atoms with Crippen molar-refractivity contribution in [1.29, 1.82) is 0 Å². The molecule has 0 aliphatic rings. The van der Waals surface area contributed by atoms with E-state index in [1.54, 1.807) is 14.0 Å². The van der Waals surface area contributed by atoms with Gasteiger partial charge in [-0.3, -0.25) is 0 Å². The Labute approximate surface area is 91.2 Å². The van der Waals surface area contributed by atoms with Gasteiger partial charge in [0.1, 0.15) is 0 Å². The molecule has 0 aliphatic carbocycles. The summed E-state index contributed by atoms with van der Waals surface area (Å²) < 4.78 is 15.1. The van der Waals surface area contributed by atoms with Crippen molar-refractivity contribution >= 4 is 5.97 Å². The normalized spacial score (nSPS) is 12.2. The molecule has 0 aromatic rings. The molecule has 0 bridgehead atoms. The van der Waals surface area contributed by atoms with Gasteiger partial charge in [0.05, 0.1) is 6.61 Å². The lowest BCUT2D eigenvalue weighted by Gasteiger charge is -2.10. The highest BCUT2D eigenvalue weighted by molar-refractivity contribution is 5.86. The third-order valence-electron chi connectivity index (χ3n) is 1.80. The molecule has 0 N–H and O–H groups in total. The molecule has 0 saturated carbocycles. The fourth-order valence-electron chi connectivity index (χ4n) is 0.810. The number of methoxy groups -OCH3 is 1. The smallest absolute Gasteiger partial charge is 0.333 e. The van der Waals surface area contributed by atoms with Crippen LogP contribution in [-0.4, -0.2) is 32.6 Å². The molecule has 0 radical (unpaired) electrons. The van der Waals surface area contributed by atoms with Gasteiger partial charge in [0.25, 0.3) is 0 Å². The van der Waals surface area contributed by atoms with Gasteiger partial charge in [0.15, 0.2) is 6.29 Å². The van der Waals surface area contributed by atoms with Crippen LogP contribution in [0.15, 0.2) is 12.2 Å². The van der Waals surface area contributed by atoms with E-state index < -0.39 is 0 Å². The van der Waals surface area contributed by atoms with Gasteiger partial charge in [0, 0.05) is 19.3 Å². The van der Waals surface area contributed by atoms with Gasteiger partial charge >= 0.3 is 5.97 Å². The zero-order valence-electron chi connectivity index (χ0n) is 9.75. The van der Waals surface area contributed by atoms with Crippen molar-refractivity contribution in [3.05, 3.63) is 12.2 Å². The van der Waals surface area contributed by atoms with Gasteiger partial charge in [-0.15, -0.1) is 0 Å². The first-order chi connectivity index (χ1) is 7.07. The molecule has 0 rings (SSSR count). The Morgan fingerprint density at radius 3 is 2.47 bits per heavy atom. The number of carbonyl (C=O) groups excluding carboxylic acids is 1. The summed E-state index contributed by atoms with van der Waals surface area (Å²) in [5, 5.41) is 0. The molecule has 0 fully saturated rings. The van der Waals surface area contributed by atoms with Crippen molar-refractivity contribution < 1.29 is 19.0 Å². The Balaban J connectivity index is 3.25. The molecule has 4 nitrogen and oxygen atoms in total. The summed E-state index contributed by atoms with van der Waals surface area (Å²) in [5.41, 5.74) is 0.430. The Bertz CT molecular complexity index is 201. The summed E-state index contributed by atoms with van der Waals surface area (Å²) in [6, 6.07) is 0. The van der Waals surface area contributed by atoms with Crippen LogP contribution in [0.5, 0.6) is 0 Å². The van der Waals surface area contributed by atoms with Crippen LogP contribution in [0, 0.1) is 0 Å². The van der Waals surface area contributed by atoms with Crippen molar-refractivity contribution in [1.82, 2.24) is 0 Å². The minimum Gasteiger partial charge on any atom is -0.462 e. The van der Waals surface area contributed by atoms with Crippen LogP contribution in [-0.2, 0) is 19.0 Å². The van der Waals surface area contributed by atoms with Gasteiger partial charge in [-0.05, 0) is 26.7 Å². The number of hydrogen-bond donors (Lipinski definition) is 0.